The first-order chi connectivity index (χ1) is 28.6. The molecule has 300 valence electrons. The van der Waals surface area contributed by atoms with Crippen molar-refractivity contribution in [3.63, 3.8) is 0 Å². The molecule has 4 aromatic heterocycles. The van der Waals surface area contributed by atoms with Gasteiger partial charge in [-0.15, -0.1) is 0 Å². The van der Waals surface area contributed by atoms with Gasteiger partial charge in [-0.3, -0.25) is 0 Å². The first-order valence-corrected chi connectivity index (χ1v) is 24.0. The Kier molecular flexibility index (Phi) is 9.96. The van der Waals surface area contributed by atoms with Crippen LogP contribution in [-0.4, -0.2) is 39.0 Å². The Labute approximate surface area is 366 Å². The maximum atomic E-state index is 9.30. The molecule has 0 aliphatic carbocycles. The molecule has 0 N–H and O–H groups in total. The molecule has 4 heterocycles. The SMILES string of the molecule is [2H]c1c(-c2ccc(C(C)(C)C)cc2)[se]c2c(-c3cc(Oc4cc(-c5nccc6c([2H])c(-c7ccc(C(C)(C)C)cc7)[se]c56)cc(C(C)(C)C)c4)cc(C(C)(C)C)c3)nccc12. The molecule has 0 aliphatic rings. The van der Waals surface area contributed by atoms with Crippen LogP contribution in [0.2, 0.25) is 0 Å². The Morgan fingerprint density at radius 2 is 0.780 bits per heavy atom. The van der Waals surface area contributed by atoms with Crippen LogP contribution in [0.5, 0.6) is 11.5 Å². The van der Waals surface area contributed by atoms with Crippen molar-refractivity contribution in [3.05, 3.63) is 144 Å². The molecule has 0 saturated heterocycles. The zero-order valence-corrected chi connectivity index (χ0v) is 39.9. The fraction of sp³-hybridized carbons (Fsp3) is 0.296. The molecule has 0 amide bonds. The van der Waals surface area contributed by atoms with Gasteiger partial charge in [-0.1, -0.05) is 0 Å². The van der Waals surface area contributed by atoms with Crippen molar-refractivity contribution in [2.45, 2.75) is 105 Å². The first-order valence-electron chi connectivity index (χ1n) is 21.5. The van der Waals surface area contributed by atoms with E-state index in [9.17, 15) is 2.74 Å². The van der Waals surface area contributed by atoms with Crippen molar-refractivity contribution in [2.24, 2.45) is 0 Å². The van der Waals surface area contributed by atoms with Crippen LogP contribution in [0, 0.1) is 0 Å². The number of fused-ring (bicyclic) bond motifs is 2. The number of pyridine rings is 2. The molecule has 0 spiro atoms. The summed E-state index contributed by atoms with van der Waals surface area (Å²) in [5.41, 5.74) is 10.7. The predicted octanol–water partition coefficient (Wildman–Crippen LogP) is 14.5. The van der Waals surface area contributed by atoms with Crippen molar-refractivity contribution >= 4 is 48.3 Å². The third kappa shape index (κ3) is 8.73. The average molecular weight is 909 g/mol. The van der Waals surface area contributed by atoms with Crippen molar-refractivity contribution in [1.29, 1.82) is 0 Å². The molecule has 8 rings (SSSR count). The molecule has 0 bridgehead atoms. The molecule has 5 heteroatoms. The Morgan fingerprint density at radius 3 is 1.12 bits per heavy atom. The minimum atomic E-state index is -0.156. The summed E-state index contributed by atoms with van der Waals surface area (Å²) in [7, 11) is 0. The van der Waals surface area contributed by atoms with E-state index >= 15 is 0 Å². The molecule has 0 atom stereocenters. The van der Waals surface area contributed by atoms with Crippen LogP contribution in [0.1, 0.15) is 108 Å². The minimum absolute atomic E-state index is 0.0672. The van der Waals surface area contributed by atoms with E-state index in [-0.39, 0.29) is 50.7 Å². The molecule has 0 aliphatic heterocycles. The maximum absolute atomic E-state index is 9.30. The fourth-order valence-corrected chi connectivity index (χ4v) is 12.0. The topological polar surface area (TPSA) is 35.0 Å². The van der Waals surface area contributed by atoms with E-state index in [4.69, 9.17) is 14.7 Å². The van der Waals surface area contributed by atoms with Crippen molar-refractivity contribution in [1.82, 2.24) is 9.97 Å². The quantitative estimate of drug-likeness (QED) is 0.156. The summed E-state index contributed by atoms with van der Waals surface area (Å²) >= 11 is -0.191. The van der Waals surface area contributed by atoms with Crippen LogP contribution in [0.25, 0.3) is 61.8 Å². The van der Waals surface area contributed by atoms with Crippen LogP contribution in [-0.2, 0) is 21.7 Å². The van der Waals surface area contributed by atoms with Gasteiger partial charge in [0.25, 0.3) is 0 Å². The van der Waals surface area contributed by atoms with Crippen LogP contribution in [0.3, 0.4) is 0 Å². The summed E-state index contributed by atoms with van der Waals surface area (Å²) in [5, 5.41) is 1.93. The van der Waals surface area contributed by atoms with Crippen LogP contribution in [0.15, 0.2) is 122 Å². The molecular formula is C54H56N2OSe2. The molecule has 3 nitrogen and oxygen atoms in total. The molecule has 4 aromatic carbocycles. The van der Waals surface area contributed by atoms with Crippen LogP contribution < -0.4 is 4.74 Å². The van der Waals surface area contributed by atoms with Crippen molar-refractivity contribution in [2.75, 3.05) is 0 Å². The molecule has 8 aromatic rings. The first kappa shape index (κ1) is 38.7. The van der Waals surface area contributed by atoms with Gasteiger partial charge in [0.05, 0.1) is 0 Å². The number of aromatic nitrogens is 2. The molecule has 0 radical (unpaired) electrons. The summed E-state index contributed by atoms with van der Waals surface area (Å²) < 4.78 is 30.0. The molecule has 0 unspecified atom stereocenters. The fourth-order valence-electron chi connectivity index (χ4n) is 7.31. The van der Waals surface area contributed by atoms with Gasteiger partial charge in [-0.05, 0) is 0 Å². The number of hydrogen-bond acceptors (Lipinski definition) is 3. The monoisotopic (exact) mass is 910 g/mol. The number of hydrogen-bond donors (Lipinski definition) is 0. The molecule has 59 heavy (non-hydrogen) atoms. The van der Waals surface area contributed by atoms with Gasteiger partial charge in [-0.25, -0.2) is 0 Å². The third-order valence-corrected chi connectivity index (χ3v) is 15.9. The van der Waals surface area contributed by atoms with Gasteiger partial charge in [-0.2, -0.15) is 0 Å². The molecular weight excluding hydrogens is 851 g/mol. The van der Waals surface area contributed by atoms with Gasteiger partial charge in [0.1, 0.15) is 0 Å². The number of ether oxygens (including phenoxy) is 1. The second kappa shape index (κ2) is 15.2. The zero-order chi connectivity index (χ0) is 43.8. The van der Waals surface area contributed by atoms with Crippen molar-refractivity contribution < 1.29 is 7.48 Å². The van der Waals surface area contributed by atoms with E-state index in [1.165, 1.54) is 11.1 Å². The molecule has 0 fully saturated rings. The predicted molar refractivity (Wildman–Crippen MR) is 254 cm³/mol. The summed E-state index contributed by atoms with van der Waals surface area (Å²) in [6.07, 6.45) is 3.70. The van der Waals surface area contributed by atoms with E-state index in [0.717, 1.165) is 84.4 Å². The zero-order valence-electron chi connectivity index (χ0n) is 38.5. The number of rotatable bonds is 6. The van der Waals surface area contributed by atoms with Gasteiger partial charge in [0, 0.05) is 0 Å². The number of nitrogens with zero attached hydrogens (tertiary/aromatic N) is 2. The van der Waals surface area contributed by atoms with Gasteiger partial charge < -0.3 is 0 Å². The Morgan fingerprint density at radius 1 is 0.424 bits per heavy atom. The van der Waals surface area contributed by atoms with Gasteiger partial charge >= 0.3 is 368 Å². The second-order valence-electron chi connectivity index (χ2n) is 19.9. The van der Waals surface area contributed by atoms with E-state index < -0.39 is 0 Å². The third-order valence-electron chi connectivity index (χ3n) is 11.1. The Hall–Kier alpha value is -4.50. The summed E-state index contributed by atoms with van der Waals surface area (Å²) in [6.45, 7) is 26.8. The normalized spacial score (nSPS) is 13.2. The molecule has 0 saturated carbocycles. The van der Waals surface area contributed by atoms with Gasteiger partial charge in [0.2, 0.25) is 0 Å². The second-order valence-corrected chi connectivity index (χ2v) is 24.2. The summed E-state index contributed by atoms with van der Waals surface area (Å²) in [4.78, 5) is 10.0. The summed E-state index contributed by atoms with van der Waals surface area (Å²) in [6, 6.07) is 35.8. The average Bonchev–Trinajstić information content (AvgIpc) is 3.72. The van der Waals surface area contributed by atoms with E-state index in [1.807, 2.05) is 24.5 Å². The van der Waals surface area contributed by atoms with Crippen LogP contribution in [0.4, 0.5) is 0 Å². The van der Waals surface area contributed by atoms with E-state index in [0.29, 0.717) is 12.1 Å². The standard InChI is InChI=1S/C54H56N2OSe2/c1-51(2,3)39-17-13-33(14-18-39)45-29-35-21-23-55-47(49(35)58-45)37-25-41(53(7,8)9)31-43(27-37)57-44-28-38(26-42(32-44)54(10,11)12)48-50-36(22-24-56-48)30-46(59-50)34-15-19-40(20-16-34)52(4,5)6/h13-32H,1-12H3/i29D,30D. The van der Waals surface area contributed by atoms with Crippen LogP contribution >= 0.6 is 0 Å². The Bertz CT molecular complexity index is 2730. The van der Waals surface area contributed by atoms with E-state index in [2.05, 4.69) is 168 Å². The van der Waals surface area contributed by atoms with Gasteiger partial charge in [0.15, 0.2) is 0 Å². The number of benzene rings is 4. The summed E-state index contributed by atoms with van der Waals surface area (Å²) in [5.74, 6) is 1.49. The van der Waals surface area contributed by atoms with Crippen molar-refractivity contribution in [3.8, 4) is 54.0 Å². The van der Waals surface area contributed by atoms with E-state index in [1.54, 1.807) is 0 Å². The Balaban J connectivity index is 1.22.